The minimum atomic E-state index is -0.574. The minimum Gasteiger partial charge on any atom is -0.355 e. The van der Waals surface area contributed by atoms with Crippen molar-refractivity contribution >= 4 is 17.4 Å². The average Bonchev–Trinajstić information content (AvgIpc) is 2.90. The molecule has 1 aliphatic heterocycles. The van der Waals surface area contributed by atoms with Gasteiger partial charge in [-0.05, 0) is 6.42 Å². The maximum Gasteiger partial charge on any atom is 0.328 e. The number of aromatic amines is 1. The maximum atomic E-state index is 11.4. The lowest BCUT2D eigenvalue weighted by Crippen LogP contribution is -2.35. The summed E-state index contributed by atoms with van der Waals surface area (Å²) in [7, 11) is 1.55. The third-order valence-corrected chi connectivity index (χ3v) is 3.34. The Morgan fingerprint density at radius 1 is 1.27 bits per heavy atom. The number of nitrogens with one attached hydrogen (secondary N) is 2. The number of halogens is 1. The van der Waals surface area contributed by atoms with Crippen molar-refractivity contribution in [1.29, 1.82) is 5.41 Å². The molecule has 126 valence electrons. The normalized spacial score (nSPS) is 13.2. The number of rotatable bonds is 2. The first-order chi connectivity index (χ1) is 10.4. The van der Waals surface area contributed by atoms with Gasteiger partial charge in [-0.2, -0.15) is 0 Å². The molecule has 0 bridgehead atoms. The summed E-state index contributed by atoms with van der Waals surface area (Å²) in [5.41, 5.74) is -0.609. The van der Waals surface area contributed by atoms with E-state index in [1.54, 1.807) is 7.05 Å². The zero-order valence-electron chi connectivity index (χ0n) is 14.1. The fraction of sp³-hybridized carbons (Fsp3) is 0.667. The molecule has 0 unspecified atom stereocenters. The van der Waals surface area contributed by atoms with Crippen molar-refractivity contribution in [3.8, 4) is 0 Å². The Hall–Kier alpha value is -1.56. The van der Waals surface area contributed by atoms with Crippen molar-refractivity contribution in [2.45, 2.75) is 53.5 Å². The van der Waals surface area contributed by atoms with Gasteiger partial charge in [0.15, 0.2) is 0 Å². The second-order valence-electron chi connectivity index (χ2n) is 4.76. The first-order valence-electron chi connectivity index (χ1n) is 7.72. The number of H-pyrrole nitrogens is 1. The fourth-order valence-electron chi connectivity index (χ4n) is 1.90. The highest BCUT2D eigenvalue weighted by Gasteiger charge is 2.20. The molecule has 22 heavy (non-hydrogen) atoms. The predicted molar refractivity (Wildman–Crippen MR) is 92.0 cm³/mol. The highest BCUT2D eigenvalue weighted by Crippen LogP contribution is 2.16. The maximum absolute atomic E-state index is 11.4. The Bertz CT molecular complexity index is 558. The van der Waals surface area contributed by atoms with E-state index in [0.29, 0.717) is 18.1 Å². The standard InChI is InChI=1S/C10H13ClN4O2.C3H8.C2H6/c1-14-6(5-15-4-2-3-7(15)12)8(11)9(16)13-10(14)17;1-3-2;1-2/h12H,2-5H2,1H3,(H,13,16,17);3H2,1-2H3;1-2H3. The van der Waals surface area contributed by atoms with Crippen LogP contribution in [0.4, 0.5) is 0 Å². The quantitative estimate of drug-likeness (QED) is 0.874. The highest BCUT2D eigenvalue weighted by atomic mass is 35.5. The van der Waals surface area contributed by atoms with Crippen LogP contribution in [0, 0.1) is 5.41 Å². The molecule has 0 aromatic carbocycles. The van der Waals surface area contributed by atoms with E-state index in [1.807, 2.05) is 18.7 Å². The molecule has 1 aliphatic rings. The number of aromatic nitrogens is 2. The van der Waals surface area contributed by atoms with Crippen molar-refractivity contribution in [3.05, 3.63) is 31.6 Å². The molecule has 1 aromatic heterocycles. The summed E-state index contributed by atoms with van der Waals surface area (Å²) >= 11 is 5.90. The molecule has 0 radical (unpaired) electrons. The van der Waals surface area contributed by atoms with Gasteiger partial charge in [0.05, 0.1) is 18.1 Å². The Kier molecular flexibility index (Phi) is 9.49. The van der Waals surface area contributed by atoms with Crippen LogP contribution in [0.5, 0.6) is 0 Å². The van der Waals surface area contributed by atoms with Gasteiger partial charge < -0.3 is 4.90 Å². The Balaban J connectivity index is 0.000000789. The van der Waals surface area contributed by atoms with Crippen LogP contribution in [0.15, 0.2) is 9.59 Å². The van der Waals surface area contributed by atoms with Crippen molar-refractivity contribution < 1.29 is 0 Å². The summed E-state index contributed by atoms with van der Waals surface area (Å²) in [6.07, 6.45) is 2.91. The zero-order valence-corrected chi connectivity index (χ0v) is 14.9. The summed E-state index contributed by atoms with van der Waals surface area (Å²) < 4.78 is 1.31. The summed E-state index contributed by atoms with van der Waals surface area (Å²) in [5, 5.41) is 7.73. The van der Waals surface area contributed by atoms with Crippen LogP contribution in [0.2, 0.25) is 5.02 Å². The number of hydrogen-bond acceptors (Lipinski definition) is 3. The molecule has 0 saturated carbocycles. The van der Waals surface area contributed by atoms with Gasteiger partial charge in [-0.3, -0.25) is 19.8 Å². The van der Waals surface area contributed by atoms with Gasteiger partial charge in [0.1, 0.15) is 5.02 Å². The first kappa shape index (κ1) is 20.4. The summed E-state index contributed by atoms with van der Waals surface area (Å²) in [4.78, 5) is 26.8. The molecule has 2 heterocycles. The molecule has 1 aromatic rings. The topological polar surface area (TPSA) is 81.9 Å². The Labute approximate surface area is 136 Å². The van der Waals surface area contributed by atoms with Crippen LogP contribution in [-0.2, 0) is 13.6 Å². The zero-order chi connectivity index (χ0) is 17.3. The van der Waals surface area contributed by atoms with E-state index in [4.69, 9.17) is 17.0 Å². The summed E-state index contributed by atoms with van der Waals surface area (Å²) in [6.45, 7) is 9.34. The van der Waals surface area contributed by atoms with Crippen LogP contribution in [0.1, 0.15) is 52.7 Å². The molecule has 0 amide bonds. The van der Waals surface area contributed by atoms with Crippen LogP contribution in [-0.4, -0.2) is 26.8 Å². The minimum absolute atomic E-state index is 0.0202. The van der Waals surface area contributed by atoms with E-state index >= 15 is 0 Å². The summed E-state index contributed by atoms with van der Waals surface area (Å²) in [5.74, 6) is 0.522. The average molecular weight is 331 g/mol. The van der Waals surface area contributed by atoms with Crippen LogP contribution in [0.25, 0.3) is 0 Å². The van der Waals surface area contributed by atoms with Crippen LogP contribution < -0.4 is 11.2 Å². The predicted octanol–water partition coefficient (Wildman–Crippen LogP) is 2.74. The van der Waals surface area contributed by atoms with Gasteiger partial charge in [0.2, 0.25) is 0 Å². The van der Waals surface area contributed by atoms with E-state index in [1.165, 1.54) is 11.0 Å². The van der Waals surface area contributed by atoms with E-state index in [2.05, 4.69) is 18.8 Å². The van der Waals surface area contributed by atoms with Crippen molar-refractivity contribution in [3.63, 3.8) is 0 Å². The van der Waals surface area contributed by atoms with Gasteiger partial charge in [-0.15, -0.1) is 0 Å². The smallest absolute Gasteiger partial charge is 0.328 e. The SMILES string of the molecule is CC.CCC.Cn1c(CN2CCCC2=N)c(Cl)c(=O)[nH]c1=O. The van der Waals surface area contributed by atoms with Crippen LogP contribution >= 0.6 is 11.6 Å². The van der Waals surface area contributed by atoms with Gasteiger partial charge in [0.25, 0.3) is 5.56 Å². The molecule has 0 atom stereocenters. The molecular weight excluding hydrogens is 304 g/mol. The third kappa shape index (κ3) is 5.33. The number of amidine groups is 1. The molecule has 1 saturated heterocycles. The lowest BCUT2D eigenvalue weighted by atomic mass is 10.3. The number of nitrogens with zero attached hydrogens (tertiary/aromatic N) is 2. The summed E-state index contributed by atoms with van der Waals surface area (Å²) in [6, 6.07) is 0. The molecule has 7 heteroatoms. The molecule has 0 aliphatic carbocycles. The van der Waals surface area contributed by atoms with Crippen LogP contribution in [0.3, 0.4) is 0 Å². The van der Waals surface area contributed by atoms with E-state index in [0.717, 1.165) is 19.4 Å². The van der Waals surface area contributed by atoms with Crippen molar-refractivity contribution in [1.82, 2.24) is 14.5 Å². The lowest BCUT2D eigenvalue weighted by Gasteiger charge is -2.19. The van der Waals surface area contributed by atoms with E-state index in [-0.39, 0.29) is 5.02 Å². The second kappa shape index (κ2) is 10.2. The van der Waals surface area contributed by atoms with Gasteiger partial charge in [-0.1, -0.05) is 45.7 Å². The molecular formula is C15H27ClN4O2. The van der Waals surface area contributed by atoms with Gasteiger partial charge in [-0.25, -0.2) is 4.79 Å². The van der Waals surface area contributed by atoms with Crippen molar-refractivity contribution in [2.24, 2.45) is 7.05 Å². The number of likely N-dealkylation sites (tertiary alicyclic amines) is 1. The first-order valence-corrected chi connectivity index (χ1v) is 8.10. The van der Waals surface area contributed by atoms with E-state index < -0.39 is 11.2 Å². The lowest BCUT2D eigenvalue weighted by molar-refractivity contribution is 0.428. The molecule has 1 fully saturated rings. The Morgan fingerprint density at radius 2 is 1.82 bits per heavy atom. The monoisotopic (exact) mass is 330 g/mol. The molecule has 6 nitrogen and oxygen atoms in total. The third-order valence-electron chi connectivity index (χ3n) is 2.95. The Morgan fingerprint density at radius 3 is 2.27 bits per heavy atom. The van der Waals surface area contributed by atoms with Gasteiger partial charge >= 0.3 is 5.69 Å². The largest absolute Gasteiger partial charge is 0.355 e. The highest BCUT2D eigenvalue weighted by molar-refractivity contribution is 6.31. The van der Waals surface area contributed by atoms with Gasteiger partial charge in [0, 0.05) is 20.0 Å². The molecule has 2 rings (SSSR count). The molecule has 2 N–H and O–H groups in total. The number of hydrogen-bond donors (Lipinski definition) is 2. The second-order valence-corrected chi connectivity index (χ2v) is 5.14. The molecule has 0 spiro atoms. The fourth-order valence-corrected chi connectivity index (χ4v) is 2.13. The van der Waals surface area contributed by atoms with Crippen molar-refractivity contribution in [2.75, 3.05) is 6.54 Å². The van der Waals surface area contributed by atoms with E-state index in [9.17, 15) is 9.59 Å².